The van der Waals surface area contributed by atoms with E-state index in [-0.39, 0.29) is 0 Å². The fourth-order valence-electron chi connectivity index (χ4n) is 2.14. The number of carbonyl (C=O) groups is 2. The Morgan fingerprint density at radius 2 is 2.00 bits per heavy atom. The third-order valence-corrected chi connectivity index (χ3v) is 3.21. The molecule has 1 fully saturated rings. The first-order chi connectivity index (χ1) is 9.62. The average molecular weight is 309 g/mol. The van der Waals surface area contributed by atoms with E-state index in [2.05, 4.69) is 5.32 Å². The van der Waals surface area contributed by atoms with E-state index in [4.69, 9.17) is 14.9 Å². The van der Waals surface area contributed by atoms with Crippen LogP contribution in [-0.4, -0.2) is 85.4 Å². The number of hydrogen-bond acceptors (Lipinski definition) is 8. The molecule has 0 aromatic heterocycles. The van der Waals surface area contributed by atoms with Crippen LogP contribution in [0.15, 0.2) is 0 Å². The second kappa shape index (κ2) is 6.64. The van der Waals surface area contributed by atoms with E-state index in [1.165, 1.54) is 0 Å². The molecule has 1 amide bonds. The number of amides is 1. The fraction of sp³-hybridized carbons (Fsp3) is 0.818. The highest BCUT2D eigenvalue weighted by molar-refractivity contribution is 5.76. The minimum atomic E-state index is -2.78. The van der Waals surface area contributed by atoms with Crippen molar-refractivity contribution in [3.05, 3.63) is 0 Å². The summed E-state index contributed by atoms with van der Waals surface area (Å²) in [6.07, 6.45) is -7.48. The lowest BCUT2D eigenvalue weighted by Gasteiger charge is -2.44. The van der Waals surface area contributed by atoms with Gasteiger partial charge in [-0.1, -0.05) is 0 Å². The molecule has 0 aromatic rings. The summed E-state index contributed by atoms with van der Waals surface area (Å²) in [5.41, 5.74) is 0. The lowest BCUT2D eigenvalue weighted by molar-refractivity contribution is -0.295. The number of carbonyl (C=O) groups excluding carboxylic acids is 1. The Balaban J connectivity index is 3.07. The van der Waals surface area contributed by atoms with E-state index in [1.807, 2.05) is 0 Å². The summed E-state index contributed by atoms with van der Waals surface area (Å²) in [4.78, 5) is 22.1. The fourth-order valence-corrected chi connectivity index (χ4v) is 2.14. The van der Waals surface area contributed by atoms with Crippen LogP contribution in [-0.2, 0) is 14.3 Å². The Morgan fingerprint density at radius 3 is 2.43 bits per heavy atom. The van der Waals surface area contributed by atoms with Gasteiger partial charge in [-0.3, -0.25) is 4.79 Å². The maximum absolute atomic E-state index is 11.1. The van der Waals surface area contributed by atoms with Gasteiger partial charge in [0.25, 0.3) is 5.79 Å². The Morgan fingerprint density at radius 1 is 1.43 bits per heavy atom. The van der Waals surface area contributed by atoms with Gasteiger partial charge in [0.05, 0.1) is 18.8 Å². The number of aliphatic hydroxyl groups excluding tert-OH is 4. The number of carboxylic acids is 1. The van der Waals surface area contributed by atoms with Crippen molar-refractivity contribution in [3.63, 3.8) is 0 Å². The molecule has 6 atom stereocenters. The van der Waals surface area contributed by atoms with Gasteiger partial charge in [-0.25, -0.2) is 4.79 Å². The second-order valence-corrected chi connectivity index (χ2v) is 4.91. The van der Waals surface area contributed by atoms with Crippen molar-refractivity contribution in [1.29, 1.82) is 0 Å². The van der Waals surface area contributed by atoms with Crippen LogP contribution < -0.4 is 5.32 Å². The van der Waals surface area contributed by atoms with Gasteiger partial charge in [-0.05, 0) is 0 Å². The molecule has 10 heteroatoms. The average Bonchev–Trinajstić information content (AvgIpc) is 2.39. The summed E-state index contributed by atoms with van der Waals surface area (Å²) in [6, 6.07) is -1.27. The highest BCUT2D eigenvalue weighted by Crippen LogP contribution is 2.30. The number of aliphatic hydroxyl groups is 5. The predicted octanol–water partition coefficient (Wildman–Crippen LogP) is -3.87. The second-order valence-electron chi connectivity index (χ2n) is 4.91. The molecule has 1 heterocycles. The quantitative estimate of drug-likeness (QED) is 0.268. The first kappa shape index (κ1) is 17.8. The summed E-state index contributed by atoms with van der Waals surface area (Å²) >= 11 is 0. The summed E-state index contributed by atoms with van der Waals surface area (Å²) in [5.74, 6) is -5.17. The van der Waals surface area contributed by atoms with Gasteiger partial charge in [0.15, 0.2) is 0 Å². The number of ether oxygens (including phenoxy) is 1. The zero-order valence-corrected chi connectivity index (χ0v) is 11.2. The van der Waals surface area contributed by atoms with Crippen LogP contribution >= 0.6 is 0 Å². The first-order valence-electron chi connectivity index (χ1n) is 6.18. The van der Waals surface area contributed by atoms with Crippen molar-refractivity contribution in [1.82, 2.24) is 5.32 Å². The molecule has 21 heavy (non-hydrogen) atoms. The summed E-state index contributed by atoms with van der Waals surface area (Å²) in [5, 5.41) is 59.0. The number of nitrogens with one attached hydrogen (secondary N) is 1. The summed E-state index contributed by atoms with van der Waals surface area (Å²) < 4.78 is 4.86. The van der Waals surface area contributed by atoms with Crippen LogP contribution in [0, 0.1) is 0 Å². The molecule has 1 saturated heterocycles. The van der Waals surface area contributed by atoms with Crippen molar-refractivity contribution >= 4 is 11.9 Å². The zero-order valence-electron chi connectivity index (χ0n) is 11.2. The number of rotatable bonds is 5. The Kier molecular flexibility index (Phi) is 5.61. The molecule has 122 valence electrons. The Hall–Kier alpha value is -1.30. The van der Waals surface area contributed by atoms with Gasteiger partial charge < -0.3 is 40.7 Å². The SMILES string of the molecule is CC(=O)N[C@@H]1[C@@H]([C@H](O)[C@H](O)CO)O[C@@](O)(C(=O)O)C[C@@H]1O. The lowest BCUT2D eigenvalue weighted by Crippen LogP contribution is -2.67. The molecule has 0 saturated carbocycles. The van der Waals surface area contributed by atoms with E-state index < -0.39 is 61.1 Å². The zero-order chi connectivity index (χ0) is 16.4. The van der Waals surface area contributed by atoms with Crippen LogP contribution in [0.4, 0.5) is 0 Å². The third-order valence-electron chi connectivity index (χ3n) is 3.21. The molecular weight excluding hydrogens is 290 g/mol. The van der Waals surface area contributed by atoms with Crippen LogP contribution in [0.2, 0.25) is 0 Å². The maximum Gasteiger partial charge on any atom is 0.364 e. The molecule has 7 N–H and O–H groups in total. The van der Waals surface area contributed by atoms with Crippen LogP contribution in [0.3, 0.4) is 0 Å². The molecular formula is C11H19NO9. The normalized spacial score (nSPS) is 35.8. The minimum Gasteiger partial charge on any atom is -0.477 e. The molecule has 0 spiro atoms. The maximum atomic E-state index is 11.1. The Labute approximate surface area is 119 Å². The number of carboxylic acid groups (broad SMARTS) is 1. The number of hydrogen-bond donors (Lipinski definition) is 7. The molecule has 1 aliphatic rings. The predicted molar refractivity (Wildman–Crippen MR) is 64.8 cm³/mol. The van der Waals surface area contributed by atoms with Crippen molar-refractivity contribution in [2.24, 2.45) is 0 Å². The number of aliphatic carboxylic acids is 1. The van der Waals surface area contributed by atoms with Crippen molar-refractivity contribution in [2.75, 3.05) is 6.61 Å². The van der Waals surface area contributed by atoms with Gasteiger partial charge in [0.1, 0.15) is 18.3 Å². The summed E-state index contributed by atoms with van der Waals surface area (Å²) in [6.45, 7) is 0.256. The van der Waals surface area contributed by atoms with Crippen molar-refractivity contribution in [2.45, 2.75) is 49.6 Å². The van der Waals surface area contributed by atoms with Gasteiger partial charge in [0, 0.05) is 13.3 Å². The van der Waals surface area contributed by atoms with E-state index in [9.17, 15) is 30.0 Å². The van der Waals surface area contributed by atoms with Crippen LogP contribution in [0.5, 0.6) is 0 Å². The topological polar surface area (TPSA) is 177 Å². The van der Waals surface area contributed by atoms with Gasteiger partial charge >= 0.3 is 5.97 Å². The molecule has 0 bridgehead atoms. The Bertz CT molecular complexity index is 403. The van der Waals surface area contributed by atoms with Gasteiger partial charge in [-0.15, -0.1) is 0 Å². The monoisotopic (exact) mass is 309 g/mol. The minimum absolute atomic E-state index is 0.598. The molecule has 10 nitrogen and oxygen atoms in total. The van der Waals surface area contributed by atoms with Crippen molar-refractivity contribution in [3.8, 4) is 0 Å². The third kappa shape index (κ3) is 3.87. The lowest BCUT2D eigenvalue weighted by atomic mass is 9.88. The van der Waals surface area contributed by atoms with Crippen LogP contribution in [0.25, 0.3) is 0 Å². The molecule has 0 radical (unpaired) electrons. The molecule has 1 rings (SSSR count). The molecule has 0 aliphatic carbocycles. The van der Waals surface area contributed by atoms with Gasteiger partial charge in [-0.2, -0.15) is 0 Å². The summed E-state index contributed by atoms with van der Waals surface area (Å²) in [7, 11) is 0. The highest BCUT2D eigenvalue weighted by atomic mass is 16.7. The molecule has 0 aromatic carbocycles. The molecule has 1 aliphatic heterocycles. The first-order valence-corrected chi connectivity index (χ1v) is 6.18. The standard InChI is InChI=1S/C11H19NO9/c1-4(14)12-7-5(15)2-11(20,10(18)19)21-9(7)8(17)6(16)3-13/h5-9,13,15-17,20H,2-3H2,1H3,(H,12,14)(H,18,19)/t5-,6+,7-,8+,9-,11+/m0/s1. The highest BCUT2D eigenvalue weighted by Gasteiger charge is 2.53. The molecule has 0 unspecified atom stereocenters. The smallest absolute Gasteiger partial charge is 0.364 e. The van der Waals surface area contributed by atoms with E-state index in [1.54, 1.807) is 0 Å². The van der Waals surface area contributed by atoms with E-state index >= 15 is 0 Å². The van der Waals surface area contributed by atoms with Gasteiger partial charge in [0.2, 0.25) is 5.91 Å². The van der Waals surface area contributed by atoms with Crippen LogP contribution in [0.1, 0.15) is 13.3 Å². The van der Waals surface area contributed by atoms with Crippen molar-refractivity contribution < 1.29 is 45.0 Å². The largest absolute Gasteiger partial charge is 0.477 e. The van der Waals surface area contributed by atoms with E-state index in [0.717, 1.165) is 6.92 Å². The van der Waals surface area contributed by atoms with E-state index in [0.29, 0.717) is 0 Å².